The van der Waals surface area contributed by atoms with Crippen LogP contribution < -0.4 is 5.32 Å². The molecule has 1 aromatic carbocycles. The lowest BCUT2D eigenvalue weighted by Crippen LogP contribution is -2.42. The first kappa shape index (κ1) is 16.7. The monoisotopic (exact) mass is 347 g/mol. The Morgan fingerprint density at radius 2 is 1.79 bits per heavy atom. The summed E-state index contributed by atoms with van der Waals surface area (Å²) < 4.78 is 27.2. The van der Waals surface area contributed by atoms with Crippen molar-refractivity contribution < 1.29 is 13.2 Å². The van der Waals surface area contributed by atoms with Gasteiger partial charge in [0.1, 0.15) is 0 Å². The minimum absolute atomic E-state index is 0.191. The summed E-state index contributed by atoms with van der Waals surface area (Å²) in [6.07, 6.45) is 5.48. The Balaban J connectivity index is 1.53. The highest BCUT2D eigenvalue weighted by atomic mass is 32.2. The van der Waals surface area contributed by atoms with Crippen LogP contribution in [-0.2, 0) is 10.0 Å². The zero-order valence-electron chi connectivity index (χ0n) is 13.4. The smallest absolute Gasteiger partial charge is 0.251 e. The Morgan fingerprint density at radius 1 is 1.08 bits per heavy atom. The van der Waals surface area contributed by atoms with Crippen molar-refractivity contribution in [1.82, 2.24) is 14.2 Å². The molecule has 0 radical (unpaired) electrons. The van der Waals surface area contributed by atoms with Crippen LogP contribution in [0.25, 0.3) is 5.69 Å². The lowest BCUT2D eigenvalue weighted by molar-refractivity contribution is 0.0951. The predicted octanol–water partition coefficient (Wildman–Crippen LogP) is 1.63. The summed E-state index contributed by atoms with van der Waals surface area (Å²) in [4.78, 5) is 12.2. The van der Waals surface area contributed by atoms with Crippen molar-refractivity contribution in [3.63, 3.8) is 0 Å². The molecule has 1 saturated heterocycles. The number of amides is 1. The Hall–Kier alpha value is -2.12. The molecule has 0 saturated carbocycles. The molecule has 1 amide bonds. The molecule has 1 fully saturated rings. The standard InChI is InChI=1S/C17H21N3O3S/c21-17(18-9-13-20-12-3-4-14-24(20,22)23)15-5-7-16(8-6-15)19-10-1-2-11-19/h1-2,5-8,10-11H,3-4,9,12-14H2,(H,18,21). The molecule has 2 aromatic rings. The quantitative estimate of drug-likeness (QED) is 0.894. The lowest BCUT2D eigenvalue weighted by atomic mass is 10.2. The summed E-state index contributed by atoms with van der Waals surface area (Å²) >= 11 is 0. The molecule has 1 aliphatic rings. The predicted molar refractivity (Wildman–Crippen MR) is 92.7 cm³/mol. The van der Waals surface area contributed by atoms with Crippen molar-refractivity contribution in [2.75, 3.05) is 25.4 Å². The number of carbonyl (C=O) groups excluding carboxylic acids is 1. The molecule has 0 atom stereocenters. The van der Waals surface area contributed by atoms with Crippen LogP contribution in [0.15, 0.2) is 48.8 Å². The summed E-state index contributed by atoms with van der Waals surface area (Å²) in [6.45, 7) is 1.19. The van der Waals surface area contributed by atoms with Gasteiger partial charge in [0.25, 0.3) is 5.91 Å². The molecule has 0 bridgehead atoms. The number of hydrogen-bond acceptors (Lipinski definition) is 3. The van der Waals surface area contributed by atoms with Crippen LogP contribution in [0.3, 0.4) is 0 Å². The summed E-state index contributed by atoms with van der Waals surface area (Å²) in [5, 5.41) is 2.79. The third-order valence-corrected chi connectivity index (χ3v) is 6.09. The number of sulfonamides is 1. The highest BCUT2D eigenvalue weighted by Gasteiger charge is 2.25. The van der Waals surface area contributed by atoms with E-state index in [9.17, 15) is 13.2 Å². The van der Waals surface area contributed by atoms with E-state index >= 15 is 0 Å². The fourth-order valence-electron chi connectivity index (χ4n) is 2.78. The van der Waals surface area contributed by atoms with E-state index in [0.29, 0.717) is 25.2 Å². The zero-order valence-corrected chi connectivity index (χ0v) is 14.2. The minimum Gasteiger partial charge on any atom is -0.351 e. The first-order valence-corrected chi connectivity index (χ1v) is 9.67. The fraction of sp³-hybridized carbons (Fsp3) is 0.353. The molecule has 0 aliphatic carbocycles. The van der Waals surface area contributed by atoms with Crippen molar-refractivity contribution in [2.45, 2.75) is 12.8 Å². The maximum atomic E-state index is 12.2. The van der Waals surface area contributed by atoms with Crippen LogP contribution in [0.5, 0.6) is 0 Å². The highest BCUT2D eigenvalue weighted by molar-refractivity contribution is 7.89. The van der Waals surface area contributed by atoms with Crippen LogP contribution in [0, 0.1) is 0 Å². The first-order chi connectivity index (χ1) is 11.6. The van der Waals surface area contributed by atoms with Crippen LogP contribution >= 0.6 is 0 Å². The molecular formula is C17H21N3O3S. The molecule has 1 aliphatic heterocycles. The second kappa shape index (κ2) is 7.19. The van der Waals surface area contributed by atoms with E-state index in [2.05, 4.69) is 5.32 Å². The van der Waals surface area contributed by atoms with E-state index in [1.807, 2.05) is 41.2 Å². The summed E-state index contributed by atoms with van der Waals surface area (Å²) in [5.74, 6) is 0.0189. The van der Waals surface area contributed by atoms with Gasteiger partial charge < -0.3 is 9.88 Å². The van der Waals surface area contributed by atoms with Gasteiger partial charge in [-0.25, -0.2) is 12.7 Å². The molecule has 0 unspecified atom stereocenters. The largest absolute Gasteiger partial charge is 0.351 e. The Kier molecular flexibility index (Phi) is 5.01. The Labute approximate surface area is 142 Å². The molecule has 6 nitrogen and oxygen atoms in total. The van der Waals surface area contributed by atoms with Crippen LogP contribution in [-0.4, -0.2) is 48.6 Å². The van der Waals surface area contributed by atoms with Crippen molar-refractivity contribution in [2.24, 2.45) is 0 Å². The number of benzene rings is 1. The van der Waals surface area contributed by atoms with E-state index in [-0.39, 0.29) is 11.7 Å². The van der Waals surface area contributed by atoms with Gasteiger partial charge >= 0.3 is 0 Å². The minimum atomic E-state index is -3.14. The van der Waals surface area contributed by atoms with E-state index in [0.717, 1.165) is 18.5 Å². The van der Waals surface area contributed by atoms with E-state index in [1.54, 1.807) is 12.1 Å². The number of aromatic nitrogens is 1. The molecule has 2 heterocycles. The fourth-order valence-corrected chi connectivity index (χ4v) is 4.38. The summed E-state index contributed by atoms with van der Waals surface area (Å²) in [6, 6.07) is 11.2. The first-order valence-electron chi connectivity index (χ1n) is 8.06. The maximum absolute atomic E-state index is 12.2. The molecule has 1 N–H and O–H groups in total. The zero-order chi connectivity index (χ0) is 17.0. The number of nitrogens with one attached hydrogen (secondary N) is 1. The Morgan fingerprint density at radius 3 is 2.46 bits per heavy atom. The van der Waals surface area contributed by atoms with Crippen molar-refractivity contribution >= 4 is 15.9 Å². The third kappa shape index (κ3) is 3.85. The van der Waals surface area contributed by atoms with Gasteiger partial charge in [-0.2, -0.15) is 0 Å². The number of nitrogens with zero attached hydrogens (tertiary/aromatic N) is 2. The molecule has 1 aromatic heterocycles. The number of hydrogen-bond donors (Lipinski definition) is 1. The third-order valence-electron chi connectivity index (χ3n) is 4.13. The van der Waals surface area contributed by atoms with Crippen molar-refractivity contribution in [3.05, 3.63) is 54.4 Å². The number of carbonyl (C=O) groups is 1. The maximum Gasteiger partial charge on any atom is 0.251 e. The van der Waals surface area contributed by atoms with E-state index in [1.165, 1.54) is 4.31 Å². The van der Waals surface area contributed by atoms with Crippen LogP contribution in [0.4, 0.5) is 0 Å². The van der Waals surface area contributed by atoms with Gasteiger partial charge in [-0.05, 0) is 49.2 Å². The van der Waals surface area contributed by atoms with Gasteiger partial charge in [0.2, 0.25) is 10.0 Å². The average Bonchev–Trinajstić information content (AvgIpc) is 3.11. The second-order valence-electron chi connectivity index (χ2n) is 5.82. The lowest BCUT2D eigenvalue weighted by Gasteiger charge is -2.26. The second-order valence-corrected chi connectivity index (χ2v) is 7.90. The van der Waals surface area contributed by atoms with Crippen molar-refractivity contribution in [3.8, 4) is 5.69 Å². The van der Waals surface area contributed by atoms with Gasteiger partial charge in [0.05, 0.1) is 5.75 Å². The summed E-state index contributed by atoms with van der Waals surface area (Å²) in [5.41, 5.74) is 1.54. The van der Waals surface area contributed by atoms with Crippen LogP contribution in [0.2, 0.25) is 0 Å². The van der Waals surface area contributed by atoms with Gasteiger partial charge in [0.15, 0.2) is 0 Å². The molecule has 3 rings (SSSR count). The van der Waals surface area contributed by atoms with Gasteiger partial charge in [-0.15, -0.1) is 0 Å². The van der Waals surface area contributed by atoms with E-state index < -0.39 is 10.0 Å². The number of rotatable bonds is 5. The topological polar surface area (TPSA) is 71.4 Å². The average molecular weight is 347 g/mol. The molecule has 128 valence electrons. The SMILES string of the molecule is O=C(NCCN1CCCCS1(=O)=O)c1ccc(-n2cccc2)cc1. The van der Waals surface area contributed by atoms with Crippen molar-refractivity contribution in [1.29, 1.82) is 0 Å². The Bertz CT molecular complexity index is 783. The highest BCUT2D eigenvalue weighted by Crippen LogP contribution is 2.13. The van der Waals surface area contributed by atoms with Gasteiger partial charge in [-0.1, -0.05) is 0 Å². The molecule has 0 spiro atoms. The van der Waals surface area contributed by atoms with Gasteiger partial charge in [0, 0.05) is 43.3 Å². The molecule has 7 heteroatoms. The molecular weight excluding hydrogens is 326 g/mol. The van der Waals surface area contributed by atoms with Crippen LogP contribution in [0.1, 0.15) is 23.2 Å². The molecule has 24 heavy (non-hydrogen) atoms. The normalized spacial score (nSPS) is 17.5. The summed E-state index contributed by atoms with van der Waals surface area (Å²) in [7, 11) is -3.14. The van der Waals surface area contributed by atoms with Gasteiger partial charge in [-0.3, -0.25) is 4.79 Å². The van der Waals surface area contributed by atoms with E-state index in [4.69, 9.17) is 0 Å².